The number of phenols is 1. The van der Waals surface area contributed by atoms with Crippen molar-refractivity contribution >= 4 is 65.1 Å². The Hall–Kier alpha value is -7.63. The van der Waals surface area contributed by atoms with Gasteiger partial charge in [-0.25, -0.2) is 4.79 Å². The summed E-state index contributed by atoms with van der Waals surface area (Å²) in [5, 5.41) is 44.1. The minimum absolute atomic E-state index is 0.0694. The van der Waals surface area contributed by atoms with Crippen molar-refractivity contribution in [3.05, 3.63) is 65.7 Å². The predicted octanol–water partition coefficient (Wildman–Crippen LogP) is -0.812. The Morgan fingerprint density at radius 1 is 0.592 bits per heavy atom. The van der Waals surface area contributed by atoms with Crippen LogP contribution in [0.5, 0.6) is 5.75 Å². The molecule has 2 aromatic rings. The number of aliphatic carboxylic acids is 2. The van der Waals surface area contributed by atoms with E-state index in [4.69, 9.17) is 11.5 Å². The first-order valence-corrected chi connectivity index (χ1v) is 25.6. The standard InChI is InChI=1S/C52H74N10O14/c1-7-29(6)43(60-47(70)37-15-11-21-61(37)50(73)38-16-12-22-62(38)51(74)41(54)27(2)3)49(72)57-33(23-30-13-9-8-10-14-30)44(67)55-34(25-39(53)64)45(68)56-35(26-40(65)66)46(69)59-42(28(4)5)48(71)58-36(52(75)76)24-31-17-19-32(63)20-18-31/h8-10,13-14,17-20,27-29,33-38,41-43,63H,7,11-12,15-16,21-26,54H2,1-6H3,(H2,53,64)(H,55,67)(H,56,68)(H,57,72)(H,58,71)(H,59,69)(H,60,70)(H,65,66)(H,75,76)/t29-,33-,34-,35-,36-,37-,38-,41-,42-,43-/m0/s1. The van der Waals surface area contributed by atoms with E-state index in [2.05, 4.69) is 31.9 Å². The molecule has 0 spiro atoms. The lowest BCUT2D eigenvalue weighted by atomic mass is 9.96. The molecule has 0 aromatic heterocycles. The number of amides is 9. The lowest BCUT2D eigenvalue weighted by Crippen LogP contribution is -2.62. The number of nitrogens with zero attached hydrogens (tertiary/aromatic N) is 2. The zero-order valence-corrected chi connectivity index (χ0v) is 43.8. The number of benzene rings is 2. The third kappa shape index (κ3) is 17.2. The molecule has 76 heavy (non-hydrogen) atoms. The van der Waals surface area contributed by atoms with Gasteiger partial charge in [0.2, 0.25) is 53.2 Å². The summed E-state index contributed by atoms with van der Waals surface area (Å²) in [5.41, 5.74) is 12.7. The maximum absolute atomic E-state index is 14.4. The Kier molecular flexibility index (Phi) is 22.7. The predicted molar refractivity (Wildman–Crippen MR) is 274 cm³/mol. The van der Waals surface area contributed by atoms with Gasteiger partial charge in [0.25, 0.3) is 0 Å². The Morgan fingerprint density at radius 2 is 1.09 bits per heavy atom. The summed E-state index contributed by atoms with van der Waals surface area (Å²) in [7, 11) is 0. The second-order valence-corrected chi connectivity index (χ2v) is 20.2. The normalized spacial score (nSPS) is 18.4. The number of aromatic hydroxyl groups is 1. The number of nitrogens with two attached hydrogens (primary N) is 2. The van der Waals surface area contributed by atoms with Crippen LogP contribution in [0.3, 0.4) is 0 Å². The van der Waals surface area contributed by atoms with Crippen LogP contribution in [0, 0.1) is 17.8 Å². The highest BCUT2D eigenvalue weighted by atomic mass is 16.4. The van der Waals surface area contributed by atoms with Crippen molar-refractivity contribution in [2.75, 3.05) is 13.1 Å². The fourth-order valence-electron chi connectivity index (χ4n) is 8.99. The summed E-state index contributed by atoms with van der Waals surface area (Å²) in [4.78, 5) is 151. The first-order chi connectivity index (χ1) is 35.8. The number of likely N-dealkylation sites (tertiary alicyclic amines) is 2. The third-order valence-electron chi connectivity index (χ3n) is 13.7. The zero-order valence-electron chi connectivity index (χ0n) is 43.8. The Labute approximate surface area is 441 Å². The van der Waals surface area contributed by atoms with Gasteiger partial charge in [0.1, 0.15) is 54.1 Å². The maximum Gasteiger partial charge on any atom is 0.326 e. The van der Waals surface area contributed by atoms with Crippen LogP contribution >= 0.6 is 0 Å². The second kappa shape index (κ2) is 28.3. The molecule has 10 atom stereocenters. The minimum atomic E-state index is -1.94. The van der Waals surface area contributed by atoms with Crippen LogP contribution in [-0.4, -0.2) is 158 Å². The second-order valence-electron chi connectivity index (χ2n) is 20.2. The lowest BCUT2D eigenvalue weighted by Gasteiger charge is -2.33. The fourth-order valence-corrected chi connectivity index (χ4v) is 8.99. The maximum atomic E-state index is 14.4. The van der Waals surface area contributed by atoms with Crippen molar-refractivity contribution < 1.29 is 68.1 Å². The summed E-state index contributed by atoms with van der Waals surface area (Å²) in [5.74, 6) is -12.2. The minimum Gasteiger partial charge on any atom is -0.508 e. The van der Waals surface area contributed by atoms with E-state index in [0.717, 1.165) is 0 Å². The number of rotatable bonds is 27. The van der Waals surface area contributed by atoms with E-state index in [-0.39, 0.29) is 43.4 Å². The number of carbonyl (C=O) groups excluding carboxylic acids is 9. The number of hydrogen-bond donors (Lipinski definition) is 11. The Bertz CT molecular complexity index is 2420. The van der Waals surface area contributed by atoms with Crippen LogP contribution in [0.15, 0.2) is 54.6 Å². The molecule has 0 radical (unpaired) electrons. The molecule has 416 valence electrons. The van der Waals surface area contributed by atoms with Gasteiger partial charge < -0.3 is 68.5 Å². The van der Waals surface area contributed by atoms with Crippen molar-refractivity contribution in [3.8, 4) is 5.75 Å². The summed E-state index contributed by atoms with van der Waals surface area (Å²) >= 11 is 0. The number of hydrogen-bond acceptors (Lipinski definition) is 13. The average Bonchev–Trinajstić information content (AvgIpc) is 4.07. The van der Waals surface area contributed by atoms with Crippen LogP contribution in [0.1, 0.15) is 97.6 Å². The number of phenolic OH excluding ortho intramolecular Hbond substituents is 1. The van der Waals surface area contributed by atoms with E-state index < -0.39 is 138 Å². The molecule has 4 rings (SSSR count). The fraction of sp³-hybridized carbons (Fsp3) is 0.558. The Morgan fingerprint density at radius 3 is 1.64 bits per heavy atom. The van der Waals surface area contributed by atoms with Gasteiger partial charge in [-0.1, -0.05) is 90.4 Å². The molecule has 0 aliphatic carbocycles. The van der Waals surface area contributed by atoms with Gasteiger partial charge in [0.15, 0.2) is 0 Å². The number of carboxylic acids is 2. The SMILES string of the molecule is CC[C@H](C)[C@H](NC(=O)[C@@H]1CCCN1C(=O)[C@@H]1CCCN1C(=O)[C@@H](N)C(C)C)C(=O)N[C@@H](Cc1ccccc1)C(=O)N[C@@H](CC(N)=O)C(=O)N[C@@H](CC(=O)O)C(=O)N[C@H](C(=O)N[C@@H](Cc1ccc(O)cc1)C(=O)O)C(C)C. The molecule has 2 fully saturated rings. The molecule has 2 aromatic carbocycles. The van der Waals surface area contributed by atoms with Crippen molar-refractivity contribution in [1.82, 2.24) is 41.7 Å². The van der Waals surface area contributed by atoms with Gasteiger partial charge >= 0.3 is 11.9 Å². The first kappa shape index (κ1) is 60.9. The smallest absolute Gasteiger partial charge is 0.326 e. The van der Waals surface area contributed by atoms with Crippen molar-refractivity contribution in [3.63, 3.8) is 0 Å². The van der Waals surface area contributed by atoms with Gasteiger partial charge in [-0.15, -0.1) is 0 Å². The quantitative estimate of drug-likeness (QED) is 0.0521. The molecule has 9 amide bonds. The van der Waals surface area contributed by atoms with E-state index in [1.807, 2.05) is 13.8 Å². The number of primary amides is 1. The van der Waals surface area contributed by atoms with E-state index >= 15 is 0 Å². The molecule has 24 nitrogen and oxygen atoms in total. The number of nitrogens with one attached hydrogen (secondary N) is 6. The van der Waals surface area contributed by atoms with E-state index in [9.17, 15) is 68.1 Å². The average molecular weight is 1060 g/mol. The molecule has 24 heteroatoms. The molecule has 2 saturated heterocycles. The molecule has 2 heterocycles. The van der Waals surface area contributed by atoms with Gasteiger partial charge in [-0.3, -0.25) is 47.9 Å². The van der Waals surface area contributed by atoms with Crippen LogP contribution in [0.25, 0.3) is 0 Å². The van der Waals surface area contributed by atoms with Gasteiger partial charge in [-0.05, 0) is 66.7 Å². The molecule has 0 saturated carbocycles. The molecule has 2 aliphatic heterocycles. The molecule has 2 aliphatic rings. The van der Waals surface area contributed by atoms with Gasteiger partial charge in [0.05, 0.1) is 18.9 Å². The highest BCUT2D eigenvalue weighted by Gasteiger charge is 2.44. The lowest BCUT2D eigenvalue weighted by molar-refractivity contribution is -0.147. The molecular weight excluding hydrogens is 989 g/mol. The van der Waals surface area contributed by atoms with E-state index in [1.54, 1.807) is 44.2 Å². The summed E-state index contributed by atoms with van der Waals surface area (Å²) in [6.45, 7) is 10.7. The van der Waals surface area contributed by atoms with E-state index in [0.29, 0.717) is 43.4 Å². The first-order valence-electron chi connectivity index (χ1n) is 25.6. The largest absolute Gasteiger partial charge is 0.508 e. The van der Waals surface area contributed by atoms with Crippen LogP contribution in [0.4, 0.5) is 0 Å². The third-order valence-corrected chi connectivity index (χ3v) is 13.7. The molecule has 0 unspecified atom stereocenters. The number of carboxylic acid groups (broad SMARTS) is 2. The summed E-state index contributed by atoms with van der Waals surface area (Å²) < 4.78 is 0. The van der Waals surface area contributed by atoms with Crippen LogP contribution in [-0.2, 0) is 65.6 Å². The molecule has 13 N–H and O–H groups in total. The van der Waals surface area contributed by atoms with Crippen molar-refractivity contribution in [2.24, 2.45) is 29.2 Å². The monoisotopic (exact) mass is 1060 g/mol. The van der Waals surface area contributed by atoms with E-state index in [1.165, 1.54) is 47.9 Å². The molecule has 0 bridgehead atoms. The highest BCUT2D eigenvalue weighted by Crippen LogP contribution is 2.27. The Balaban J connectivity index is 1.54. The molecular formula is C52H74N10O14. The number of carbonyl (C=O) groups is 11. The topological polar surface area (TPSA) is 379 Å². The summed E-state index contributed by atoms with van der Waals surface area (Å²) in [6.07, 6.45) is -0.239. The van der Waals surface area contributed by atoms with Crippen LogP contribution in [0.2, 0.25) is 0 Å². The van der Waals surface area contributed by atoms with Gasteiger partial charge in [0, 0.05) is 25.9 Å². The van der Waals surface area contributed by atoms with Gasteiger partial charge in [-0.2, -0.15) is 0 Å². The van der Waals surface area contributed by atoms with Crippen LogP contribution < -0.4 is 43.4 Å². The zero-order chi connectivity index (χ0) is 56.6. The van der Waals surface area contributed by atoms with Crippen molar-refractivity contribution in [2.45, 2.75) is 154 Å². The highest BCUT2D eigenvalue weighted by molar-refractivity contribution is 6.00. The summed E-state index contributed by atoms with van der Waals surface area (Å²) in [6, 6.07) is 1.82. The van der Waals surface area contributed by atoms with Crippen molar-refractivity contribution in [1.29, 1.82) is 0 Å².